The molecule has 5 nitrogen and oxygen atoms in total. The van der Waals surface area contributed by atoms with E-state index in [-0.39, 0.29) is 10.8 Å². The van der Waals surface area contributed by atoms with Gasteiger partial charge in [0.2, 0.25) is 10.0 Å². The maximum absolute atomic E-state index is 13.2. The first-order chi connectivity index (χ1) is 13.9. The largest absolute Gasteiger partial charge is 0.303 e. The Morgan fingerprint density at radius 2 is 1.66 bits per heavy atom. The molecule has 0 aromatic heterocycles. The van der Waals surface area contributed by atoms with Crippen LogP contribution in [0.25, 0.3) is 10.8 Å². The Morgan fingerprint density at radius 1 is 0.966 bits per heavy atom. The number of hydrogen-bond acceptors (Lipinski definition) is 3. The average Bonchev–Trinajstić information content (AvgIpc) is 2.98. The number of carbonyl (C=O) groups is 1. The Labute approximate surface area is 175 Å². The zero-order valence-electron chi connectivity index (χ0n) is 16.2. The molecule has 3 aromatic rings. The van der Waals surface area contributed by atoms with Crippen LogP contribution < -0.4 is 4.90 Å². The molecule has 0 unspecified atom stereocenters. The van der Waals surface area contributed by atoms with Gasteiger partial charge in [0.05, 0.1) is 17.1 Å². The minimum Gasteiger partial charge on any atom is -0.303 e. The van der Waals surface area contributed by atoms with E-state index in [2.05, 4.69) is 0 Å². The third kappa shape index (κ3) is 3.21. The highest BCUT2D eigenvalue weighted by Crippen LogP contribution is 2.41. The van der Waals surface area contributed by atoms with E-state index in [1.165, 1.54) is 4.31 Å². The van der Waals surface area contributed by atoms with Crippen LogP contribution in [0.15, 0.2) is 59.5 Å². The van der Waals surface area contributed by atoms with Gasteiger partial charge < -0.3 is 4.90 Å². The van der Waals surface area contributed by atoms with Crippen molar-refractivity contribution >= 4 is 44.0 Å². The summed E-state index contributed by atoms with van der Waals surface area (Å²) in [5.74, 6) is -0.127. The number of nitrogens with zero attached hydrogens (tertiary/aromatic N) is 2. The first-order valence-electron chi connectivity index (χ1n) is 9.50. The van der Waals surface area contributed by atoms with Gasteiger partial charge in [0.15, 0.2) is 0 Å². The fourth-order valence-corrected chi connectivity index (χ4v) is 5.65. The third-order valence-corrected chi connectivity index (χ3v) is 7.68. The fourth-order valence-electron chi connectivity index (χ4n) is 3.88. The van der Waals surface area contributed by atoms with E-state index in [1.54, 1.807) is 47.4 Å². The Morgan fingerprint density at radius 3 is 2.31 bits per heavy atom. The average molecular weight is 429 g/mol. The molecule has 0 saturated carbocycles. The standard InChI is InChI=1S/C22H21ClN2O3S/c1-3-24(4-2)29(27,28)20-13-12-19-21-17(20)6-5-7-18(21)22(26)25(19)14-15-8-10-16(23)11-9-15/h5-13H,3-4,14H2,1-2H3. The molecule has 4 rings (SSSR count). The van der Waals surface area contributed by atoms with Crippen LogP contribution in [-0.2, 0) is 16.6 Å². The zero-order valence-corrected chi connectivity index (χ0v) is 17.8. The number of carbonyl (C=O) groups excluding carboxylic acids is 1. The molecule has 3 aromatic carbocycles. The summed E-state index contributed by atoms with van der Waals surface area (Å²) < 4.78 is 27.7. The molecule has 0 bridgehead atoms. The summed E-state index contributed by atoms with van der Waals surface area (Å²) >= 11 is 5.96. The lowest BCUT2D eigenvalue weighted by atomic mass is 10.1. The number of sulfonamides is 1. The molecule has 7 heteroatoms. The Balaban J connectivity index is 1.85. The molecule has 1 amide bonds. The smallest absolute Gasteiger partial charge is 0.259 e. The SMILES string of the molecule is CCN(CC)S(=O)(=O)c1ccc2c3c(cccc13)C(=O)N2Cc1ccc(Cl)cc1. The molecule has 150 valence electrons. The molecule has 0 N–H and O–H groups in total. The minimum absolute atomic E-state index is 0.127. The summed E-state index contributed by atoms with van der Waals surface area (Å²) in [5, 5.41) is 1.91. The van der Waals surface area contributed by atoms with Gasteiger partial charge in [-0.05, 0) is 35.9 Å². The van der Waals surface area contributed by atoms with Gasteiger partial charge in [-0.1, -0.05) is 49.7 Å². The summed E-state index contributed by atoms with van der Waals surface area (Å²) in [7, 11) is -3.64. The molecule has 1 aliphatic heterocycles. The fraction of sp³-hybridized carbons (Fsp3) is 0.227. The van der Waals surface area contributed by atoms with Gasteiger partial charge in [-0.2, -0.15) is 4.31 Å². The van der Waals surface area contributed by atoms with Crippen LogP contribution in [0.5, 0.6) is 0 Å². The lowest BCUT2D eigenvalue weighted by molar-refractivity contribution is 0.0991. The molecule has 1 heterocycles. The van der Waals surface area contributed by atoms with Crippen molar-refractivity contribution in [2.45, 2.75) is 25.3 Å². The second-order valence-corrected chi connectivity index (χ2v) is 9.26. The van der Waals surface area contributed by atoms with Gasteiger partial charge in [-0.3, -0.25) is 4.79 Å². The van der Waals surface area contributed by atoms with E-state index in [0.29, 0.717) is 41.0 Å². The van der Waals surface area contributed by atoms with Gasteiger partial charge in [0.1, 0.15) is 0 Å². The van der Waals surface area contributed by atoms with Gasteiger partial charge in [0, 0.05) is 34.4 Å². The Hall–Kier alpha value is -2.41. The van der Waals surface area contributed by atoms with Crippen molar-refractivity contribution in [3.63, 3.8) is 0 Å². The summed E-state index contributed by atoms with van der Waals surface area (Å²) in [6.07, 6.45) is 0. The van der Waals surface area contributed by atoms with Crippen LogP contribution in [0.3, 0.4) is 0 Å². The van der Waals surface area contributed by atoms with Gasteiger partial charge >= 0.3 is 0 Å². The van der Waals surface area contributed by atoms with Crippen LogP contribution >= 0.6 is 11.6 Å². The molecule has 29 heavy (non-hydrogen) atoms. The first-order valence-corrected chi connectivity index (χ1v) is 11.3. The normalized spacial score (nSPS) is 13.7. The van der Waals surface area contributed by atoms with Crippen LogP contribution in [-0.4, -0.2) is 31.7 Å². The number of amides is 1. The van der Waals surface area contributed by atoms with Gasteiger partial charge in [0.25, 0.3) is 5.91 Å². The highest BCUT2D eigenvalue weighted by molar-refractivity contribution is 7.89. The van der Waals surface area contributed by atoms with Crippen LogP contribution in [0.1, 0.15) is 29.8 Å². The lowest BCUT2D eigenvalue weighted by Crippen LogP contribution is -2.30. The van der Waals surface area contributed by atoms with Crippen molar-refractivity contribution in [3.8, 4) is 0 Å². The number of benzene rings is 3. The topological polar surface area (TPSA) is 57.7 Å². The van der Waals surface area contributed by atoms with Crippen LogP contribution in [0.2, 0.25) is 5.02 Å². The Kier molecular flexibility index (Phi) is 5.11. The van der Waals surface area contributed by atoms with E-state index in [4.69, 9.17) is 11.6 Å². The molecular weight excluding hydrogens is 408 g/mol. The van der Waals surface area contributed by atoms with Crippen molar-refractivity contribution in [2.24, 2.45) is 0 Å². The highest BCUT2D eigenvalue weighted by atomic mass is 35.5. The predicted molar refractivity (Wildman–Crippen MR) is 116 cm³/mol. The quantitative estimate of drug-likeness (QED) is 0.572. The first kappa shape index (κ1) is 19.9. The number of rotatable bonds is 6. The second kappa shape index (κ2) is 7.44. The van der Waals surface area contributed by atoms with E-state index in [9.17, 15) is 13.2 Å². The maximum Gasteiger partial charge on any atom is 0.259 e. The van der Waals surface area contributed by atoms with Crippen molar-refractivity contribution < 1.29 is 13.2 Å². The van der Waals surface area contributed by atoms with Crippen molar-refractivity contribution in [3.05, 3.63) is 70.7 Å². The van der Waals surface area contributed by atoms with E-state index in [1.807, 2.05) is 26.0 Å². The Bertz CT molecular complexity index is 1200. The lowest BCUT2D eigenvalue weighted by Gasteiger charge is -2.21. The van der Waals surface area contributed by atoms with Crippen molar-refractivity contribution in [1.82, 2.24) is 4.31 Å². The molecule has 0 spiro atoms. The van der Waals surface area contributed by atoms with E-state index >= 15 is 0 Å². The van der Waals surface area contributed by atoms with Crippen LogP contribution in [0, 0.1) is 0 Å². The number of anilines is 1. The highest BCUT2D eigenvalue weighted by Gasteiger charge is 2.33. The summed E-state index contributed by atoms with van der Waals surface area (Å²) in [6, 6.07) is 16.0. The predicted octanol–water partition coefficient (Wildman–Crippen LogP) is 4.68. The second-order valence-electron chi connectivity index (χ2n) is 6.92. The number of hydrogen-bond donors (Lipinski definition) is 0. The minimum atomic E-state index is -3.64. The van der Waals surface area contributed by atoms with Crippen molar-refractivity contribution in [1.29, 1.82) is 0 Å². The van der Waals surface area contributed by atoms with Gasteiger partial charge in [-0.15, -0.1) is 0 Å². The third-order valence-electron chi connectivity index (χ3n) is 5.32. The zero-order chi connectivity index (χ0) is 20.8. The van der Waals surface area contributed by atoms with E-state index in [0.717, 1.165) is 11.3 Å². The number of halogens is 1. The molecule has 1 aliphatic rings. The molecule has 0 saturated heterocycles. The molecule has 0 atom stereocenters. The maximum atomic E-state index is 13.2. The molecular formula is C22H21ClN2O3S. The molecule has 0 fully saturated rings. The summed E-state index contributed by atoms with van der Waals surface area (Å²) in [4.78, 5) is 15.0. The summed E-state index contributed by atoms with van der Waals surface area (Å²) in [6.45, 7) is 4.81. The monoisotopic (exact) mass is 428 g/mol. The van der Waals surface area contributed by atoms with E-state index < -0.39 is 10.0 Å². The molecule has 0 aliphatic carbocycles. The van der Waals surface area contributed by atoms with Crippen molar-refractivity contribution in [2.75, 3.05) is 18.0 Å². The van der Waals surface area contributed by atoms with Gasteiger partial charge in [-0.25, -0.2) is 8.42 Å². The molecule has 0 radical (unpaired) electrons. The summed E-state index contributed by atoms with van der Waals surface area (Å²) in [5.41, 5.74) is 2.21. The van der Waals surface area contributed by atoms with Crippen LogP contribution in [0.4, 0.5) is 5.69 Å².